The van der Waals surface area contributed by atoms with Crippen LogP contribution < -0.4 is 5.32 Å². The molecule has 6 heteroatoms. The van der Waals surface area contributed by atoms with E-state index in [2.05, 4.69) is 15.5 Å². The Morgan fingerprint density at radius 3 is 2.62 bits per heavy atom. The molecule has 21 heavy (non-hydrogen) atoms. The molecule has 2 aromatic rings. The maximum absolute atomic E-state index is 12.3. The number of halogens is 1. The standard InChI is InChI=1S/C15H17ClN4O/c1-3-17-14-9-8-13(18-19-14)15(21)20(2)10-11-6-4-5-7-12(11)16/h4-9H,3,10H2,1-2H3,(H,17,19). The summed E-state index contributed by atoms with van der Waals surface area (Å²) < 4.78 is 0. The van der Waals surface area contributed by atoms with Crippen LogP contribution in [-0.4, -0.2) is 34.6 Å². The Labute approximate surface area is 128 Å². The molecule has 2 rings (SSSR count). The van der Waals surface area contributed by atoms with Gasteiger partial charge in [0.2, 0.25) is 0 Å². The molecule has 5 nitrogen and oxygen atoms in total. The Morgan fingerprint density at radius 2 is 2.00 bits per heavy atom. The van der Waals surface area contributed by atoms with Gasteiger partial charge in [0.05, 0.1) is 0 Å². The number of carbonyl (C=O) groups is 1. The zero-order chi connectivity index (χ0) is 15.2. The molecular weight excluding hydrogens is 288 g/mol. The number of aromatic nitrogens is 2. The number of nitrogens with zero attached hydrogens (tertiary/aromatic N) is 3. The van der Waals surface area contributed by atoms with Crippen molar-refractivity contribution in [2.24, 2.45) is 0 Å². The summed E-state index contributed by atoms with van der Waals surface area (Å²) >= 11 is 6.10. The van der Waals surface area contributed by atoms with Gasteiger partial charge in [0.1, 0.15) is 5.82 Å². The van der Waals surface area contributed by atoms with Crippen molar-refractivity contribution in [2.75, 3.05) is 18.9 Å². The highest BCUT2D eigenvalue weighted by Gasteiger charge is 2.15. The highest BCUT2D eigenvalue weighted by Crippen LogP contribution is 2.17. The van der Waals surface area contributed by atoms with Gasteiger partial charge in [-0.3, -0.25) is 4.79 Å². The molecule has 0 atom stereocenters. The van der Waals surface area contributed by atoms with Crippen LogP contribution in [0.5, 0.6) is 0 Å². The van der Waals surface area contributed by atoms with Crippen LogP contribution in [0.15, 0.2) is 36.4 Å². The van der Waals surface area contributed by atoms with Crippen LogP contribution in [0.4, 0.5) is 5.82 Å². The number of anilines is 1. The first-order valence-electron chi connectivity index (χ1n) is 6.68. The van der Waals surface area contributed by atoms with Gasteiger partial charge in [-0.2, -0.15) is 0 Å². The lowest BCUT2D eigenvalue weighted by molar-refractivity contribution is 0.0778. The molecular formula is C15H17ClN4O. The van der Waals surface area contributed by atoms with Gasteiger partial charge < -0.3 is 10.2 Å². The molecule has 1 heterocycles. The van der Waals surface area contributed by atoms with Gasteiger partial charge in [-0.15, -0.1) is 10.2 Å². The molecule has 0 bridgehead atoms. The Bertz CT molecular complexity index is 615. The van der Waals surface area contributed by atoms with Crippen molar-refractivity contribution in [1.29, 1.82) is 0 Å². The largest absolute Gasteiger partial charge is 0.369 e. The molecule has 0 saturated carbocycles. The maximum atomic E-state index is 12.3. The van der Waals surface area contributed by atoms with Crippen LogP contribution >= 0.6 is 11.6 Å². The van der Waals surface area contributed by atoms with E-state index in [1.54, 1.807) is 30.1 Å². The molecule has 1 aromatic carbocycles. The lowest BCUT2D eigenvalue weighted by Gasteiger charge is -2.17. The van der Waals surface area contributed by atoms with Crippen molar-refractivity contribution in [2.45, 2.75) is 13.5 Å². The summed E-state index contributed by atoms with van der Waals surface area (Å²) in [6.07, 6.45) is 0. The molecule has 0 aliphatic heterocycles. The van der Waals surface area contributed by atoms with E-state index in [1.807, 2.05) is 25.1 Å². The second kappa shape index (κ2) is 7.04. The smallest absolute Gasteiger partial charge is 0.274 e. The molecule has 1 amide bonds. The highest BCUT2D eigenvalue weighted by molar-refractivity contribution is 6.31. The molecule has 0 radical (unpaired) electrons. The van der Waals surface area contributed by atoms with E-state index in [0.717, 1.165) is 12.1 Å². The average Bonchev–Trinajstić information content (AvgIpc) is 2.50. The summed E-state index contributed by atoms with van der Waals surface area (Å²) in [4.78, 5) is 13.9. The first-order valence-corrected chi connectivity index (χ1v) is 7.06. The summed E-state index contributed by atoms with van der Waals surface area (Å²) in [6, 6.07) is 10.9. The number of hydrogen-bond donors (Lipinski definition) is 1. The Kier molecular flexibility index (Phi) is 5.11. The molecule has 0 unspecified atom stereocenters. The van der Waals surface area contributed by atoms with Crippen molar-refractivity contribution < 1.29 is 4.79 Å². The van der Waals surface area contributed by atoms with Crippen LogP contribution in [0, 0.1) is 0 Å². The lowest BCUT2D eigenvalue weighted by atomic mass is 10.2. The Hall–Kier alpha value is -2.14. The van der Waals surface area contributed by atoms with E-state index < -0.39 is 0 Å². The molecule has 0 spiro atoms. The fourth-order valence-electron chi connectivity index (χ4n) is 1.87. The second-order valence-corrected chi connectivity index (χ2v) is 4.99. The second-order valence-electron chi connectivity index (χ2n) is 4.59. The van der Waals surface area contributed by atoms with Gasteiger partial charge in [-0.25, -0.2) is 0 Å². The fraction of sp³-hybridized carbons (Fsp3) is 0.267. The number of carbonyl (C=O) groups excluding carboxylic acids is 1. The van der Waals surface area contributed by atoms with Gasteiger partial charge in [-0.1, -0.05) is 29.8 Å². The van der Waals surface area contributed by atoms with E-state index in [-0.39, 0.29) is 5.91 Å². The van der Waals surface area contributed by atoms with Crippen molar-refractivity contribution >= 4 is 23.3 Å². The van der Waals surface area contributed by atoms with E-state index in [9.17, 15) is 4.79 Å². The quantitative estimate of drug-likeness (QED) is 0.923. The fourth-order valence-corrected chi connectivity index (χ4v) is 2.07. The Morgan fingerprint density at radius 1 is 1.24 bits per heavy atom. The topological polar surface area (TPSA) is 58.1 Å². The van der Waals surface area contributed by atoms with Gasteiger partial charge >= 0.3 is 0 Å². The molecule has 0 aliphatic rings. The van der Waals surface area contributed by atoms with Crippen LogP contribution in [0.1, 0.15) is 23.0 Å². The molecule has 0 aliphatic carbocycles. The predicted molar refractivity (Wildman–Crippen MR) is 83.4 cm³/mol. The molecule has 1 N–H and O–H groups in total. The zero-order valence-electron chi connectivity index (χ0n) is 12.0. The van der Waals surface area contributed by atoms with E-state index in [0.29, 0.717) is 23.1 Å². The number of amides is 1. The summed E-state index contributed by atoms with van der Waals surface area (Å²) in [7, 11) is 1.71. The van der Waals surface area contributed by atoms with Crippen LogP contribution in [0.2, 0.25) is 5.02 Å². The highest BCUT2D eigenvalue weighted by atomic mass is 35.5. The number of rotatable bonds is 5. The van der Waals surface area contributed by atoms with Crippen molar-refractivity contribution in [3.8, 4) is 0 Å². The van der Waals surface area contributed by atoms with Crippen LogP contribution in [-0.2, 0) is 6.54 Å². The predicted octanol–water partition coefficient (Wildman–Crippen LogP) is 2.83. The van der Waals surface area contributed by atoms with Crippen LogP contribution in [0.3, 0.4) is 0 Å². The van der Waals surface area contributed by atoms with Gasteiger partial charge in [0, 0.05) is 25.2 Å². The van der Waals surface area contributed by atoms with Gasteiger partial charge in [-0.05, 0) is 30.7 Å². The minimum atomic E-state index is -0.189. The zero-order valence-corrected chi connectivity index (χ0v) is 12.8. The molecule has 1 aromatic heterocycles. The minimum Gasteiger partial charge on any atom is -0.369 e. The van der Waals surface area contributed by atoms with Crippen molar-refractivity contribution in [1.82, 2.24) is 15.1 Å². The van der Waals surface area contributed by atoms with Crippen molar-refractivity contribution in [3.05, 3.63) is 52.7 Å². The lowest BCUT2D eigenvalue weighted by Crippen LogP contribution is -2.27. The monoisotopic (exact) mass is 304 g/mol. The SMILES string of the molecule is CCNc1ccc(C(=O)N(C)Cc2ccccc2Cl)nn1. The third kappa shape index (κ3) is 3.92. The summed E-state index contributed by atoms with van der Waals surface area (Å²) in [5.41, 5.74) is 1.21. The number of hydrogen-bond acceptors (Lipinski definition) is 4. The first kappa shape index (κ1) is 15.3. The van der Waals surface area contributed by atoms with E-state index in [4.69, 9.17) is 11.6 Å². The minimum absolute atomic E-state index is 0.189. The van der Waals surface area contributed by atoms with Crippen molar-refractivity contribution in [3.63, 3.8) is 0 Å². The maximum Gasteiger partial charge on any atom is 0.274 e. The first-order chi connectivity index (χ1) is 10.1. The molecule has 0 fully saturated rings. The van der Waals surface area contributed by atoms with E-state index >= 15 is 0 Å². The summed E-state index contributed by atoms with van der Waals surface area (Å²) in [5, 5.41) is 11.6. The van der Waals surface area contributed by atoms with Gasteiger partial charge in [0.15, 0.2) is 5.69 Å². The van der Waals surface area contributed by atoms with E-state index in [1.165, 1.54) is 0 Å². The van der Waals surface area contributed by atoms with Crippen LogP contribution in [0.25, 0.3) is 0 Å². The normalized spacial score (nSPS) is 10.2. The molecule has 0 saturated heterocycles. The number of nitrogens with one attached hydrogen (secondary N) is 1. The average molecular weight is 305 g/mol. The summed E-state index contributed by atoms with van der Waals surface area (Å²) in [6.45, 7) is 3.15. The third-order valence-corrected chi connectivity index (χ3v) is 3.32. The summed E-state index contributed by atoms with van der Waals surface area (Å²) in [5.74, 6) is 0.466. The number of benzene rings is 1. The third-order valence-electron chi connectivity index (χ3n) is 2.95. The Balaban J connectivity index is 2.07. The van der Waals surface area contributed by atoms with Gasteiger partial charge in [0.25, 0.3) is 5.91 Å². The molecule has 110 valence electrons.